The average Bonchev–Trinajstić information content (AvgIpc) is 2.77. The molecule has 0 radical (unpaired) electrons. The average molecular weight is 524 g/mol. The Hall–Kier alpha value is -2.05. The van der Waals surface area contributed by atoms with Gasteiger partial charge in [0.05, 0.1) is 4.47 Å². The summed E-state index contributed by atoms with van der Waals surface area (Å²) in [6.45, 7) is 8.74. The Bertz CT molecular complexity index is 920. The summed E-state index contributed by atoms with van der Waals surface area (Å²) in [6.07, 6.45) is 1.31. The molecule has 2 aromatic rings. The zero-order chi connectivity index (χ0) is 23.7. The van der Waals surface area contributed by atoms with Crippen molar-refractivity contribution in [1.29, 1.82) is 0 Å². The van der Waals surface area contributed by atoms with Crippen LogP contribution in [0.2, 0.25) is 5.02 Å². The van der Waals surface area contributed by atoms with Gasteiger partial charge in [-0.3, -0.25) is 9.59 Å². The summed E-state index contributed by atoms with van der Waals surface area (Å²) in [7, 11) is 0. The van der Waals surface area contributed by atoms with Crippen molar-refractivity contribution in [2.24, 2.45) is 0 Å². The molecule has 0 bridgehead atoms. The number of halogens is 2. The van der Waals surface area contributed by atoms with E-state index < -0.39 is 6.04 Å². The van der Waals surface area contributed by atoms with Gasteiger partial charge in [-0.2, -0.15) is 0 Å². The number of hydrogen-bond donors (Lipinski definition) is 1. The first-order valence-electron chi connectivity index (χ1n) is 11.0. The molecule has 0 spiro atoms. The van der Waals surface area contributed by atoms with Gasteiger partial charge in [-0.25, -0.2) is 0 Å². The number of carbonyl (C=O) groups excluding carboxylic acids is 2. The van der Waals surface area contributed by atoms with E-state index in [2.05, 4.69) is 35.1 Å². The maximum atomic E-state index is 13.3. The SMILES string of the molecule is CCCNC(=O)[C@@H](CC)N(Cc1ccccc1Cl)C(=O)COc1ccc(C(C)C)cc1Br. The first kappa shape index (κ1) is 26.2. The lowest BCUT2D eigenvalue weighted by molar-refractivity contribution is -0.143. The fourth-order valence-electron chi connectivity index (χ4n) is 3.31. The highest BCUT2D eigenvalue weighted by Crippen LogP contribution is 2.29. The highest BCUT2D eigenvalue weighted by atomic mass is 79.9. The minimum Gasteiger partial charge on any atom is -0.483 e. The second-order valence-electron chi connectivity index (χ2n) is 7.96. The van der Waals surface area contributed by atoms with E-state index in [-0.39, 0.29) is 25.0 Å². The van der Waals surface area contributed by atoms with E-state index in [0.29, 0.717) is 29.7 Å². The van der Waals surface area contributed by atoms with Gasteiger partial charge in [-0.05, 0) is 64.0 Å². The highest BCUT2D eigenvalue weighted by molar-refractivity contribution is 9.10. The number of carbonyl (C=O) groups is 2. The van der Waals surface area contributed by atoms with Crippen LogP contribution in [0, 0.1) is 0 Å². The van der Waals surface area contributed by atoms with Gasteiger partial charge >= 0.3 is 0 Å². The van der Waals surface area contributed by atoms with Gasteiger partial charge in [-0.15, -0.1) is 0 Å². The molecule has 7 heteroatoms. The number of ether oxygens (including phenoxy) is 1. The monoisotopic (exact) mass is 522 g/mol. The van der Waals surface area contributed by atoms with Gasteiger partial charge in [0.25, 0.3) is 5.91 Å². The Morgan fingerprint density at radius 2 is 1.88 bits per heavy atom. The molecule has 2 amide bonds. The number of rotatable bonds is 11. The molecule has 0 aliphatic carbocycles. The maximum Gasteiger partial charge on any atom is 0.261 e. The zero-order valence-electron chi connectivity index (χ0n) is 19.2. The van der Waals surface area contributed by atoms with E-state index >= 15 is 0 Å². The van der Waals surface area contributed by atoms with Crippen molar-refractivity contribution < 1.29 is 14.3 Å². The van der Waals surface area contributed by atoms with Crippen LogP contribution in [0.3, 0.4) is 0 Å². The fourth-order valence-corrected chi connectivity index (χ4v) is 4.02. The molecule has 0 aliphatic heterocycles. The van der Waals surface area contributed by atoms with Crippen LogP contribution in [0.25, 0.3) is 0 Å². The molecule has 2 aromatic carbocycles. The minimum absolute atomic E-state index is 0.169. The lowest BCUT2D eigenvalue weighted by Crippen LogP contribution is -2.50. The third-order valence-electron chi connectivity index (χ3n) is 5.21. The van der Waals surface area contributed by atoms with Crippen LogP contribution in [-0.4, -0.2) is 35.9 Å². The second-order valence-corrected chi connectivity index (χ2v) is 9.22. The molecule has 0 fully saturated rings. The van der Waals surface area contributed by atoms with Crippen LogP contribution in [0.1, 0.15) is 57.6 Å². The fraction of sp³-hybridized carbons (Fsp3) is 0.440. The molecule has 174 valence electrons. The first-order chi connectivity index (χ1) is 15.3. The highest BCUT2D eigenvalue weighted by Gasteiger charge is 2.29. The van der Waals surface area contributed by atoms with Crippen LogP contribution < -0.4 is 10.1 Å². The van der Waals surface area contributed by atoms with E-state index in [9.17, 15) is 9.59 Å². The van der Waals surface area contributed by atoms with E-state index in [1.807, 2.05) is 50.2 Å². The van der Waals surface area contributed by atoms with Crippen LogP contribution in [-0.2, 0) is 16.1 Å². The van der Waals surface area contributed by atoms with Gasteiger partial charge < -0.3 is 15.0 Å². The number of hydrogen-bond acceptors (Lipinski definition) is 3. The normalized spacial score (nSPS) is 11.8. The van der Waals surface area contributed by atoms with Gasteiger partial charge in [0.1, 0.15) is 11.8 Å². The molecule has 0 aromatic heterocycles. The topological polar surface area (TPSA) is 58.6 Å². The molecule has 0 aliphatic rings. The third kappa shape index (κ3) is 7.24. The molecular formula is C25H32BrClN2O3. The van der Waals surface area contributed by atoms with Crippen molar-refractivity contribution in [1.82, 2.24) is 10.2 Å². The Labute approximate surface area is 204 Å². The smallest absolute Gasteiger partial charge is 0.261 e. The zero-order valence-corrected chi connectivity index (χ0v) is 21.5. The Kier molecular flexibility index (Phi) is 10.5. The van der Waals surface area contributed by atoms with E-state index in [0.717, 1.165) is 16.5 Å². The van der Waals surface area contributed by atoms with Crippen molar-refractivity contribution in [2.75, 3.05) is 13.2 Å². The molecule has 1 atom stereocenters. The Balaban J connectivity index is 2.22. The molecule has 0 saturated heterocycles. The van der Waals surface area contributed by atoms with Crippen LogP contribution in [0.4, 0.5) is 0 Å². The molecule has 1 N–H and O–H groups in total. The number of nitrogens with zero attached hydrogens (tertiary/aromatic N) is 1. The van der Waals surface area contributed by atoms with Gasteiger partial charge in [0.2, 0.25) is 5.91 Å². The largest absolute Gasteiger partial charge is 0.483 e. The summed E-state index contributed by atoms with van der Waals surface area (Å²) < 4.78 is 6.63. The molecule has 0 saturated carbocycles. The number of amides is 2. The Morgan fingerprint density at radius 3 is 2.47 bits per heavy atom. The molecule has 32 heavy (non-hydrogen) atoms. The Morgan fingerprint density at radius 1 is 1.16 bits per heavy atom. The molecule has 0 unspecified atom stereocenters. The summed E-state index contributed by atoms with van der Waals surface area (Å²) >= 11 is 9.87. The predicted molar refractivity (Wildman–Crippen MR) is 133 cm³/mol. The standard InChI is InChI=1S/C25H32BrClN2O3/c1-5-13-28-25(31)22(6-2)29(15-19-9-7-8-10-21(19)27)24(30)16-32-23-12-11-18(17(3)4)14-20(23)26/h7-12,14,17,22H,5-6,13,15-16H2,1-4H3,(H,28,31)/t22-/m1/s1. The lowest BCUT2D eigenvalue weighted by atomic mass is 10.0. The first-order valence-corrected chi connectivity index (χ1v) is 12.2. The summed E-state index contributed by atoms with van der Waals surface area (Å²) in [5.74, 6) is 0.532. The molecule has 0 heterocycles. The number of nitrogens with one attached hydrogen (secondary N) is 1. The third-order valence-corrected chi connectivity index (χ3v) is 6.20. The predicted octanol–water partition coefficient (Wildman–Crippen LogP) is 5.94. The summed E-state index contributed by atoms with van der Waals surface area (Å²) in [4.78, 5) is 27.6. The van der Waals surface area contributed by atoms with Crippen LogP contribution >= 0.6 is 27.5 Å². The molecule has 2 rings (SSSR count). The van der Waals surface area contributed by atoms with Crippen LogP contribution in [0.15, 0.2) is 46.9 Å². The molecule has 5 nitrogen and oxygen atoms in total. The van der Waals surface area contributed by atoms with Crippen molar-refractivity contribution in [3.8, 4) is 5.75 Å². The summed E-state index contributed by atoms with van der Waals surface area (Å²) in [5, 5.41) is 3.46. The minimum atomic E-state index is -0.610. The van der Waals surface area contributed by atoms with Gasteiger partial charge in [0, 0.05) is 18.1 Å². The van der Waals surface area contributed by atoms with Crippen molar-refractivity contribution in [2.45, 2.75) is 59.0 Å². The maximum absolute atomic E-state index is 13.3. The molecular weight excluding hydrogens is 492 g/mol. The van der Waals surface area contributed by atoms with Gasteiger partial charge in [-0.1, -0.05) is 63.6 Å². The summed E-state index contributed by atoms with van der Waals surface area (Å²) in [5.41, 5.74) is 1.96. The van der Waals surface area contributed by atoms with Crippen molar-refractivity contribution in [3.05, 3.63) is 63.1 Å². The van der Waals surface area contributed by atoms with E-state index in [1.165, 1.54) is 5.56 Å². The summed E-state index contributed by atoms with van der Waals surface area (Å²) in [6, 6.07) is 12.6. The quantitative estimate of drug-likeness (QED) is 0.397. The van der Waals surface area contributed by atoms with E-state index in [1.54, 1.807) is 11.0 Å². The van der Waals surface area contributed by atoms with E-state index in [4.69, 9.17) is 16.3 Å². The van der Waals surface area contributed by atoms with Gasteiger partial charge in [0.15, 0.2) is 6.61 Å². The number of benzene rings is 2. The second kappa shape index (κ2) is 12.9. The van der Waals surface area contributed by atoms with Crippen molar-refractivity contribution >= 4 is 39.3 Å². The lowest BCUT2D eigenvalue weighted by Gasteiger charge is -2.31. The van der Waals surface area contributed by atoms with Crippen molar-refractivity contribution in [3.63, 3.8) is 0 Å². The van der Waals surface area contributed by atoms with Crippen LogP contribution in [0.5, 0.6) is 5.75 Å².